The zero-order chi connectivity index (χ0) is 5.49. The van der Waals surface area contributed by atoms with Gasteiger partial charge in [0.15, 0.2) is 0 Å². The van der Waals surface area contributed by atoms with E-state index in [9.17, 15) is 0 Å². The first-order chi connectivity index (χ1) is 3.13. The maximum absolute atomic E-state index is 8.85. The van der Waals surface area contributed by atoms with E-state index in [2.05, 4.69) is 0 Å². The summed E-state index contributed by atoms with van der Waals surface area (Å²) in [6, 6.07) is 0. The topological polar surface area (TPSA) is 46.2 Å². The van der Waals surface area contributed by atoms with Gasteiger partial charge in [-0.1, -0.05) is 0 Å². The lowest BCUT2D eigenvalue weighted by atomic mass is 9.76. The fourth-order valence-electron chi connectivity index (χ4n) is 0.729. The van der Waals surface area contributed by atoms with Crippen LogP contribution in [0.25, 0.3) is 0 Å². The summed E-state index contributed by atoms with van der Waals surface area (Å²) in [5.74, 6) is 0. The van der Waals surface area contributed by atoms with Crippen LogP contribution in [0.4, 0.5) is 0 Å². The van der Waals surface area contributed by atoms with Crippen LogP contribution in [0.15, 0.2) is 0 Å². The number of aliphatic hydroxyl groups excluding tert-OH is 1. The van der Waals surface area contributed by atoms with E-state index in [1.807, 2.05) is 6.92 Å². The Kier molecular flexibility index (Phi) is 0.869. The molecule has 0 saturated heterocycles. The van der Waals surface area contributed by atoms with Gasteiger partial charge in [-0.25, -0.2) is 0 Å². The normalized spacial score (nSPS) is 51.0. The molecule has 1 saturated carbocycles. The fourth-order valence-corrected chi connectivity index (χ4v) is 0.729. The monoisotopic (exact) mass is 101 g/mol. The molecule has 1 unspecified atom stereocenters. The van der Waals surface area contributed by atoms with Crippen LogP contribution in [0.3, 0.4) is 0 Å². The summed E-state index contributed by atoms with van der Waals surface area (Å²) in [5.41, 5.74) is 5.25. The largest absolute Gasteiger partial charge is 0.391 e. The van der Waals surface area contributed by atoms with Crippen molar-refractivity contribution in [3.63, 3.8) is 0 Å². The van der Waals surface area contributed by atoms with Gasteiger partial charge in [0.05, 0.1) is 6.10 Å². The predicted molar refractivity (Wildman–Crippen MR) is 27.8 cm³/mol. The van der Waals surface area contributed by atoms with Gasteiger partial charge in [-0.05, 0) is 19.8 Å². The van der Waals surface area contributed by atoms with Crippen molar-refractivity contribution in [3.05, 3.63) is 0 Å². The maximum Gasteiger partial charge on any atom is 0.0717 e. The van der Waals surface area contributed by atoms with Crippen LogP contribution in [-0.4, -0.2) is 16.7 Å². The number of nitrogens with two attached hydrogens (primary N) is 1. The number of hydrogen-bond acceptors (Lipinski definition) is 2. The maximum atomic E-state index is 8.85. The van der Waals surface area contributed by atoms with Crippen molar-refractivity contribution >= 4 is 0 Å². The van der Waals surface area contributed by atoms with Crippen LogP contribution in [0.5, 0.6) is 0 Å². The first-order valence-electron chi connectivity index (χ1n) is 2.60. The van der Waals surface area contributed by atoms with E-state index in [0.29, 0.717) is 0 Å². The Hall–Kier alpha value is -0.0800. The number of hydrogen-bond donors (Lipinski definition) is 2. The molecule has 1 aliphatic rings. The van der Waals surface area contributed by atoms with Crippen molar-refractivity contribution in [2.24, 2.45) is 5.73 Å². The van der Waals surface area contributed by atoms with Crippen molar-refractivity contribution < 1.29 is 5.11 Å². The van der Waals surface area contributed by atoms with Gasteiger partial charge in [0.1, 0.15) is 0 Å². The smallest absolute Gasteiger partial charge is 0.0717 e. The Balaban J connectivity index is 2.43. The highest BCUT2D eigenvalue weighted by Crippen LogP contribution is 2.28. The SMILES string of the molecule is C[C@]1(N)CCC1O. The molecule has 2 nitrogen and oxygen atoms in total. The first-order valence-corrected chi connectivity index (χ1v) is 2.60. The molecular formula is C5H11NO. The lowest BCUT2D eigenvalue weighted by Crippen LogP contribution is -2.56. The van der Waals surface area contributed by atoms with E-state index in [4.69, 9.17) is 10.8 Å². The van der Waals surface area contributed by atoms with E-state index in [1.54, 1.807) is 0 Å². The lowest BCUT2D eigenvalue weighted by Gasteiger charge is -2.40. The highest BCUT2D eigenvalue weighted by Gasteiger charge is 2.37. The Labute approximate surface area is 43.3 Å². The minimum absolute atomic E-state index is 0.243. The first kappa shape index (κ1) is 5.06. The van der Waals surface area contributed by atoms with Crippen LogP contribution in [0.1, 0.15) is 19.8 Å². The van der Waals surface area contributed by atoms with Crippen LogP contribution < -0.4 is 5.73 Å². The quantitative estimate of drug-likeness (QED) is 0.446. The molecule has 0 radical (unpaired) electrons. The summed E-state index contributed by atoms with van der Waals surface area (Å²) in [4.78, 5) is 0. The van der Waals surface area contributed by atoms with Gasteiger partial charge in [0.25, 0.3) is 0 Å². The molecule has 7 heavy (non-hydrogen) atoms. The Morgan fingerprint density at radius 2 is 2.29 bits per heavy atom. The molecule has 0 aliphatic heterocycles. The Bertz CT molecular complexity index is 80.1. The van der Waals surface area contributed by atoms with Crippen molar-refractivity contribution in [1.82, 2.24) is 0 Å². The molecule has 0 amide bonds. The molecular weight excluding hydrogens is 90.1 g/mol. The molecule has 0 bridgehead atoms. The second kappa shape index (κ2) is 1.20. The molecule has 1 fully saturated rings. The van der Waals surface area contributed by atoms with Crippen LogP contribution in [0, 0.1) is 0 Å². The summed E-state index contributed by atoms with van der Waals surface area (Å²) in [6.45, 7) is 1.88. The summed E-state index contributed by atoms with van der Waals surface area (Å²) < 4.78 is 0. The van der Waals surface area contributed by atoms with E-state index in [0.717, 1.165) is 12.8 Å². The number of rotatable bonds is 0. The summed E-state index contributed by atoms with van der Waals surface area (Å²) in [7, 11) is 0. The molecule has 0 aromatic rings. The van der Waals surface area contributed by atoms with Gasteiger partial charge in [0, 0.05) is 5.54 Å². The molecule has 2 atom stereocenters. The molecule has 3 N–H and O–H groups in total. The lowest BCUT2D eigenvalue weighted by molar-refractivity contribution is 0.0106. The molecule has 0 spiro atoms. The van der Waals surface area contributed by atoms with E-state index < -0.39 is 0 Å². The minimum Gasteiger partial charge on any atom is -0.391 e. The molecule has 0 aromatic carbocycles. The standard InChI is InChI=1S/C5H11NO/c1-5(6)3-2-4(5)7/h4,7H,2-3,6H2,1H3/t4?,5-/m0/s1. The Morgan fingerprint density at radius 1 is 1.86 bits per heavy atom. The van der Waals surface area contributed by atoms with Crippen molar-refractivity contribution in [2.75, 3.05) is 0 Å². The molecule has 0 heterocycles. The number of aliphatic hydroxyl groups is 1. The molecule has 1 rings (SSSR count). The van der Waals surface area contributed by atoms with Crippen LogP contribution in [-0.2, 0) is 0 Å². The third kappa shape index (κ3) is 0.640. The van der Waals surface area contributed by atoms with Gasteiger partial charge in [0.2, 0.25) is 0 Å². The third-order valence-electron chi connectivity index (χ3n) is 1.72. The van der Waals surface area contributed by atoms with Crippen molar-refractivity contribution in [2.45, 2.75) is 31.4 Å². The Morgan fingerprint density at radius 3 is 2.29 bits per heavy atom. The van der Waals surface area contributed by atoms with Gasteiger partial charge in [-0.15, -0.1) is 0 Å². The predicted octanol–water partition coefficient (Wildman–Crippen LogP) is -0.142. The van der Waals surface area contributed by atoms with E-state index in [1.165, 1.54) is 0 Å². The summed E-state index contributed by atoms with van der Waals surface area (Å²) in [6.07, 6.45) is 1.61. The summed E-state index contributed by atoms with van der Waals surface area (Å²) >= 11 is 0. The minimum atomic E-state index is -0.264. The highest BCUT2D eigenvalue weighted by atomic mass is 16.3. The van der Waals surface area contributed by atoms with Crippen LogP contribution >= 0.6 is 0 Å². The summed E-state index contributed by atoms with van der Waals surface area (Å²) in [5, 5.41) is 8.85. The highest BCUT2D eigenvalue weighted by molar-refractivity contribution is 4.96. The second-order valence-electron chi connectivity index (χ2n) is 2.56. The molecule has 2 heteroatoms. The van der Waals surface area contributed by atoms with Gasteiger partial charge in [-0.2, -0.15) is 0 Å². The zero-order valence-corrected chi connectivity index (χ0v) is 4.52. The van der Waals surface area contributed by atoms with E-state index in [-0.39, 0.29) is 11.6 Å². The zero-order valence-electron chi connectivity index (χ0n) is 4.52. The fraction of sp³-hybridized carbons (Fsp3) is 1.00. The van der Waals surface area contributed by atoms with E-state index >= 15 is 0 Å². The van der Waals surface area contributed by atoms with Gasteiger partial charge >= 0.3 is 0 Å². The van der Waals surface area contributed by atoms with Gasteiger partial charge < -0.3 is 10.8 Å². The average Bonchev–Trinajstić information content (AvgIpc) is 1.63. The second-order valence-corrected chi connectivity index (χ2v) is 2.56. The van der Waals surface area contributed by atoms with Gasteiger partial charge in [-0.3, -0.25) is 0 Å². The molecule has 1 aliphatic carbocycles. The van der Waals surface area contributed by atoms with Crippen molar-refractivity contribution in [1.29, 1.82) is 0 Å². The molecule has 0 aromatic heterocycles. The third-order valence-corrected chi connectivity index (χ3v) is 1.72. The average molecular weight is 101 g/mol. The van der Waals surface area contributed by atoms with Crippen LogP contribution in [0.2, 0.25) is 0 Å². The van der Waals surface area contributed by atoms with Crippen molar-refractivity contribution in [3.8, 4) is 0 Å². The molecule has 42 valence electrons.